The minimum absolute atomic E-state index is 0.526. The van der Waals surface area contributed by atoms with Gasteiger partial charge in [0.1, 0.15) is 0 Å². The summed E-state index contributed by atoms with van der Waals surface area (Å²) >= 11 is 0. The summed E-state index contributed by atoms with van der Waals surface area (Å²) in [6.45, 7) is 12.9. The van der Waals surface area contributed by atoms with Crippen molar-refractivity contribution in [3.05, 3.63) is 12.3 Å². The van der Waals surface area contributed by atoms with Crippen LogP contribution in [0.3, 0.4) is 0 Å². The summed E-state index contributed by atoms with van der Waals surface area (Å²) < 4.78 is 0. The van der Waals surface area contributed by atoms with E-state index in [0.29, 0.717) is 6.04 Å². The molecule has 0 saturated heterocycles. The molecule has 1 N–H and O–H groups in total. The van der Waals surface area contributed by atoms with Crippen LogP contribution < -0.4 is 5.32 Å². The van der Waals surface area contributed by atoms with Gasteiger partial charge in [-0.25, -0.2) is 0 Å². The van der Waals surface area contributed by atoms with E-state index in [-0.39, 0.29) is 0 Å². The van der Waals surface area contributed by atoms with Gasteiger partial charge in [-0.05, 0) is 32.6 Å². The molecule has 0 fully saturated rings. The first kappa shape index (κ1) is 12.5. The first-order chi connectivity index (χ1) is 6.02. The van der Waals surface area contributed by atoms with Gasteiger partial charge in [-0.2, -0.15) is 0 Å². The lowest BCUT2D eigenvalue weighted by Crippen LogP contribution is -2.21. The Morgan fingerprint density at radius 2 is 1.77 bits per heavy atom. The highest BCUT2D eigenvalue weighted by atomic mass is 14.9. The third-order valence-corrected chi connectivity index (χ3v) is 2.00. The van der Waals surface area contributed by atoms with Crippen molar-refractivity contribution in [2.45, 2.75) is 59.4 Å². The van der Waals surface area contributed by atoms with E-state index >= 15 is 0 Å². The highest BCUT2D eigenvalue weighted by Gasteiger charge is 1.98. The van der Waals surface area contributed by atoms with Gasteiger partial charge in [-0.1, -0.05) is 33.3 Å². The molecule has 0 saturated carbocycles. The summed E-state index contributed by atoms with van der Waals surface area (Å²) in [6, 6.07) is 0.526. The molecule has 0 aliphatic heterocycles. The summed E-state index contributed by atoms with van der Waals surface area (Å²) in [6.07, 6.45) is 5.08. The summed E-state index contributed by atoms with van der Waals surface area (Å²) in [5.74, 6) is 0.839. The maximum Gasteiger partial charge on any atom is 0.0201 e. The van der Waals surface area contributed by atoms with Gasteiger partial charge in [0.05, 0.1) is 0 Å². The molecule has 78 valence electrons. The van der Waals surface area contributed by atoms with Gasteiger partial charge in [0.15, 0.2) is 0 Å². The number of hydrogen-bond donors (Lipinski definition) is 1. The SMILES string of the molecule is C=C(CCCCC(C)C)NC(C)C. The van der Waals surface area contributed by atoms with Gasteiger partial charge in [0.2, 0.25) is 0 Å². The van der Waals surface area contributed by atoms with Gasteiger partial charge < -0.3 is 5.32 Å². The zero-order valence-corrected chi connectivity index (χ0v) is 9.69. The van der Waals surface area contributed by atoms with E-state index in [4.69, 9.17) is 0 Å². The second-order valence-corrected chi connectivity index (χ2v) is 4.54. The molecular formula is C12H25N. The van der Waals surface area contributed by atoms with Crippen molar-refractivity contribution in [2.75, 3.05) is 0 Å². The molecule has 0 aromatic rings. The third kappa shape index (κ3) is 9.45. The van der Waals surface area contributed by atoms with E-state index in [2.05, 4.69) is 39.6 Å². The van der Waals surface area contributed by atoms with Crippen molar-refractivity contribution >= 4 is 0 Å². The quantitative estimate of drug-likeness (QED) is 0.593. The minimum atomic E-state index is 0.526. The van der Waals surface area contributed by atoms with Crippen LogP contribution in [0.5, 0.6) is 0 Å². The lowest BCUT2D eigenvalue weighted by molar-refractivity contribution is 0.528. The van der Waals surface area contributed by atoms with Gasteiger partial charge in [0, 0.05) is 11.7 Å². The molecule has 0 aliphatic rings. The first-order valence-corrected chi connectivity index (χ1v) is 5.46. The molecule has 0 atom stereocenters. The Morgan fingerprint density at radius 3 is 2.23 bits per heavy atom. The van der Waals surface area contributed by atoms with Crippen LogP contribution >= 0.6 is 0 Å². The van der Waals surface area contributed by atoms with Crippen LogP contribution in [0.1, 0.15) is 53.4 Å². The predicted octanol–water partition coefficient (Wildman–Crippen LogP) is 3.71. The number of unbranched alkanes of at least 4 members (excludes halogenated alkanes) is 1. The summed E-state index contributed by atoms with van der Waals surface area (Å²) in [5.41, 5.74) is 1.19. The molecule has 1 nitrogen and oxygen atoms in total. The molecule has 0 aromatic carbocycles. The van der Waals surface area contributed by atoms with E-state index in [1.165, 1.54) is 25.0 Å². The number of hydrogen-bond acceptors (Lipinski definition) is 1. The summed E-state index contributed by atoms with van der Waals surface area (Å²) in [7, 11) is 0. The van der Waals surface area contributed by atoms with Crippen molar-refractivity contribution in [3.63, 3.8) is 0 Å². The van der Waals surface area contributed by atoms with Gasteiger partial charge in [-0.15, -0.1) is 0 Å². The fourth-order valence-corrected chi connectivity index (χ4v) is 1.37. The maximum absolute atomic E-state index is 4.00. The van der Waals surface area contributed by atoms with Crippen LogP contribution in [0.4, 0.5) is 0 Å². The molecular weight excluding hydrogens is 158 g/mol. The molecule has 0 aliphatic carbocycles. The zero-order valence-electron chi connectivity index (χ0n) is 9.69. The van der Waals surface area contributed by atoms with E-state index in [9.17, 15) is 0 Å². The standard InChI is InChI=1S/C12H25N/c1-10(2)8-6-7-9-12(5)13-11(3)4/h10-11,13H,5-9H2,1-4H3. The molecule has 0 rings (SSSR count). The second kappa shape index (κ2) is 6.99. The average molecular weight is 183 g/mol. The van der Waals surface area contributed by atoms with Crippen LogP contribution in [0.25, 0.3) is 0 Å². The molecule has 1 heteroatoms. The van der Waals surface area contributed by atoms with Crippen LogP contribution in [-0.2, 0) is 0 Å². The Morgan fingerprint density at radius 1 is 1.15 bits per heavy atom. The van der Waals surface area contributed by atoms with Crippen molar-refractivity contribution in [3.8, 4) is 0 Å². The smallest absolute Gasteiger partial charge is 0.0201 e. The first-order valence-electron chi connectivity index (χ1n) is 5.46. The third-order valence-electron chi connectivity index (χ3n) is 2.00. The van der Waals surface area contributed by atoms with Crippen LogP contribution in [-0.4, -0.2) is 6.04 Å². The number of allylic oxidation sites excluding steroid dienone is 1. The van der Waals surface area contributed by atoms with Crippen LogP contribution in [0.15, 0.2) is 12.3 Å². The molecule has 0 spiro atoms. The van der Waals surface area contributed by atoms with Crippen molar-refractivity contribution < 1.29 is 0 Å². The average Bonchev–Trinajstić information content (AvgIpc) is 1.96. The van der Waals surface area contributed by atoms with Crippen molar-refractivity contribution in [1.29, 1.82) is 0 Å². The monoisotopic (exact) mass is 183 g/mol. The van der Waals surface area contributed by atoms with Crippen molar-refractivity contribution in [1.82, 2.24) is 5.32 Å². The predicted molar refractivity (Wildman–Crippen MR) is 60.7 cm³/mol. The van der Waals surface area contributed by atoms with Crippen LogP contribution in [0, 0.1) is 5.92 Å². The number of nitrogens with one attached hydrogen (secondary N) is 1. The second-order valence-electron chi connectivity index (χ2n) is 4.54. The Balaban J connectivity index is 3.27. The Bertz CT molecular complexity index is 136. The minimum Gasteiger partial charge on any atom is -0.387 e. The highest BCUT2D eigenvalue weighted by Crippen LogP contribution is 2.10. The molecule has 0 unspecified atom stereocenters. The van der Waals surface area contributed by atoms with Crippen molar-refractivity contribution in [2.24, 2.45) is 5.92 Å². The van der Waals surface area contributed by atoms with Gasteiger partial charge >= 0.3 is 0 Å². The van der Waals surface area contributed by atoms with Gasteiger partial charge in [0.25, 0.3) is 0 Å². The molecule has 0 aromatic heterocycles. The Hall–Kier alpha value is -0.460. The maximum atomic E-state index is 4.00. The Labute approximate surface area is 83.6 Å². The largest absolute Gasteiger partial charge is 0.387 e. The fourth-order valence-electron chi connectivity index (χ4n) is 1.37. The lowest BCUT2D eigenvalue weighted by Gasteiger charge is -2.12. The Kier molecular flexibility index (Phi) is 6.75. The summed E-state index contributed by atoms with van der Waals surface area (Å²) in [4.78, 5) is 0. The topological polar surface area (TPSA) is 12.0 Å². The molecule has 0 bridgehead atoms. The lowest BCUT2D eigenvalue weighted by atomic mass is 10.0. The zero-order chi connectivity index (χ0) is 10.3. The molecule has 0 heterocycles. The van der Waals surface area contributed by atoms with E-state index in [0.717, 1.165) is 12.3 Å². The fraction of sp³-hybridized carbons (Fsp3) is 0.833. The number of rotatable bonds is 7. The highest BCUT2D eigenvalue weighted by molar-refractivity contribution is 4.91. The molecule has 13 heavy (non-hydrogen) atoms. The molecule has 0 radical (unpaired) electrons. The van der Waals surface area contributed by atoms with E-state index in [1.54, 1.807) is 0 Å². The van der Waals surface area contributed by atoms with Crippen LogP contribution in [0.2, 0.25) is 0 Å². The van der Waals surface area contributed by atoms with Gasteiger partial charge in [-0.3, -0.25) is 0 Å². The normalized spacial score (nSPS) is 10.9. The molecule has 0 amide bonds. The summed E-state index contributed by atoms with van der Waals surface area (Å²) in [5, 5.41) is 3.34. The van der Waals surface area contributed by atoms with E-state index in [1.807, 2.05) is 0 Å². The van der Waals surface area contributed by atoms with E-state index < -0.39 is 0 Å².